The smallest absolute Gasteiger partial charge is 0.290 e. The van der Waals surface area contributed by atoms with Gasteiger partial charge in [-0.05, 0) is 31.3 Å². The van der Waals surface area contributed by atoms with E-state index in [1.807, 2.05) is 13.8 Å². The Morgan fingerprint density at radius 2 is 2.09 bits per heavy atom. The molecule has 23 heavy (non-hydrogen) atoms. The van der Waals surface area contributed by atoms with Crippen LogP contribution in [0.2, 0.25) is 0 Å². The molecule has 0 unspecified atom stereocenters. The van der Waals surface area contributed by atoms with Gasteiger partial charge in [0.1, 0.15) is 12.4 Å². The van der Waals surface area contributed by atoms with Crippen molar-refractivity contribution in [2.45, 2.75) is 53.1 Å². The second-order valence-electron chi connectivity index (χ2n) is 5.34. The minimum Gasteiger partial charge on any atom is -0.470 e. The van der Waals surface area contributed by atoms with Crippen LogP contribution in [0.3, 0.4) is 0 Å². The van der Waals surface area contributed by atoms with Crippen LogP contribution in [-0.4, -0.2) is 22.8 Å². The molecule has 1 amide bonds. The number of rotatable bonds is 9. The fraction of sp³-hybridized carbons (Fsp3) is 0.562. The fourth-order valence-electron chi connectivity index (χ4n) is 2.07. The van der Waals surface area contributed by atoms with Gasteiger partial charge in [0.2, 0.25) is 5.76 Å². The number of nitrogens with one attached hydrogen (secondary N) is 1. The van der Waals surface area contributed by atoms with Gasteiger partial charge in [-0.15, -0.1) is 0 Å². The van der Waals surface area contributed by atoms with Crippen molar-refractivity contribution in [3.05, 3.63) is 28.8 Å². The molecule has 0 atom stereocenters. The van der Waals surface area contributed by atoms with Crippen molar-refractivity contribution in [2.75, 3.05) is 6.54 Å². The summed E-state index contributed by atoms with van der Waals surface area (Å²) < 4.78 is 15.8. The molecule has 7 heteroatoms. The molecule has 0 saturated heterocycles. The highest BCUT2D eigenvalue weighted by Crippen LogP contribution is 2.19. The molecule has 0 aromatic carbocycles. The molecule has 0 aliphatic heterocycles. The van der Waals surface area contributed by atoms with E-state index in [0.717, 1.165) is 42.7 Å². The summed E-state index contributed by atoms with van der Waals surface area (Å²) in [5.74, 6) is 0.856. The van der Waals surface area contributed by atoms with Crippen molar-refractivity contribution < 1.29 is 18.6 Å². The van der Waals surface area contributed by atoms with Gasteiger partial charge in [0.15, 0.2) is 0 Å². The monoisotopic (exact) mass is 321 g/mol. The molecule has 0 saturated carbocycles. The van der Waals surface area contributed by atoms with Crippen LogP contribution in [0.25, 0.3) is 0 Å². The molecular formula is C16H23N3O4. The van der Waals surface area contributed by atoms with Gasteiger partial charge < -0.3 is 19.1 Å². The number of ether oxygens (including phenoxy) is 1. The molecule has 1 N–H and O–H groups in total. The van der Waals surface area contributed by atoms with Gasteiger partial charge in [-0.25, -0.2) is 0 Å². The molecule has 0 aliphatic carbocycles. The van der Waals surface area contributed by atoms with Crippen LogP contribution in [0, 0.1) is 6.92 Å². The fourth-order valence-corrected chi connectivity index (χ4v) is 2.07. The van der Waals surface area contributed by atoms with E-state index in [1.165, 1.54) is 6.07 Å². The maximum atomic E-state index is 11.8. The number of carbonyl (C=O) groups excluding carboxylic acids is 1. The van der Waals surface area contributed by atoms with Gasteiger partial charge in [0, 0.05) is 6.54 Å². The second-order valence-corrected chi connectivity index (χ2v) is 5.34. The highest BCUT2D eigenvalue weighted by molar-refractivity contribution is 5.91. The van der Waals surface area contributed by atoms with Crippen LogP contribution in [-0.2, 0) is 13.0 Å². The molecule has 2 aromatic rings. The first-order valence-electron chi connectivity index (χ1n) is 7.97. The van der Waals surface area contributed by atoms with Crippen molar-refractivity contribution in [2.24, 2.45) is 0 Å². The molecule has 0 spiro atoms. The molecule has 0 fully saturated rings. The number of aryl methyl sites for hydroxylation is 2. The number of carbonyl (C=O) groups is 1. The number of aromatic nitrogens is 2. The molecule has 0 radical (unpaired) electrons. The maximum Gasteiger partial charge on any atom is 0.290 e. The predicted molar refractivity (Wildman–Crippen MR) is 83.3 cm³/mol. The zero-order valence-electron chi connectivity index (χ0n) is 13.8. The third-order valence-corrected chi connectivity index (χ3v) is 3.45. The van der Waals surface area contributed by atoms with E-state index in [1.54, 1.807) is 0 Å². The molecule has 0 bridgehead atoms. The Bertz CT molecular complexity index is 633. The molecule has 2 aromatic heterocycles. The average Bonchev–Trinajstić information content (AvgIpc) is 3.15. The van der Waals surface area contributed by atoms with Gasteiger partial charge in [0.05, 0.1) is 17.3 Å². The third-order valence-electron chi connectivity index (χ3n) is 3.45. The highest BCUT2D eigenvalue weighted by atomic mass is 16.5. The van der Waals surface area contributed by atoms with Gasteiger partial charge in [-0.3, -0.25) is 4.79 Å². The minimum atomic E-state index is -0.293. The normalized spacial score (nSPS) is 10.7. The third kappa shape index (κ3) is 4.58. The number of hydrogen-bond acceptors (Lipinski definition) is 6. The van der Waals surface area contributed by atoms with E-state index in [9.17, 15) is 4.79 Å². The summed E-state index contributed by atoms with van der Waals surface area (Å²) in [6, 6.07) is 1.49. The zero-order valence-corrected chi connectivity index (χ0v) is 13.8. The highest BCUT2D eigenvalue weighted by Gasteiger charge is 2.16. The van der Waals surface area contributed by atoms with E-state index in [0.29, 0.717) is 6.54 Å². The van der Waals surface area contributed by atoms with E-state index in [-0.39, 0.29) is 24.2 Å². The van der Waals surface area contributed by atoms with E-state index < -0.39 is 0 Å². The Hall–Kier alpha value is -2.31. The minimum absolute atomic E-state index is 0.140. The molecular weight excluding hydrogens is 298 g/mol. The lowest BCUT2D eigenvalue weighted by Gasteiger charge is -2.02. The first-order chi connectivity index (χ1) is 11.2. The van der Waals surface area contributed by atoms with Gasteiger partial charge in [-0.2, -0.15) is 0 Å². The maximum absolute atomic E-state index is 11.8. The lowest BCUT2D eigenvalue weighted by atomic mass is 10.1. The lowest BCUT2D eigenvalue weighted by molar-refractivity contribution is 0.0916. The topological polar surface area (TPSA) is 90.4 Å². The summed E-state index contributed by atoms with van der Waals surface area (Å²) in [5.41, 5.74) is 1.84. The Kier molecular flexibility index (Phi) is 6.19. The van der Waals surface area contributed by atoms with Crippen LogP contribution in [0.4, 0.5) is 0 Å². The second kappa shape index (κ2) is 8.36. The summed E-state index contributed by atoms with van der Waals surface area (Å²) in [4.78, 5) is 11.8. The Morgan fingerprint density at radius 3 is 2.83 bits per heavy atom. The predicted octanol–water partition coefficient (Wildman–Crippen LogP) is 3.03. The van der Waals surface area contributed by atoms with Crippen molar-refractivity contribution in [1.82, 2.24) is 15.6 Å². The summed E-state index contributed by atoms with van der Waals surface area (Å²) >= 11 is 0. The van der Waals surface area contributed by atoms with Crippen LogP contribution in [0.15, 0.2) is 15.1 Å². The van der Waals surface area contributed by atoms with Crippen molar-refractivity contribution >= 4 is 5.91 Å². The quantitative estimate of drug-likeness (QED) is 0.763. The summed E-state index contributed by atoms with van der Waals surface area (Å²) in [5, 5.41) is 10.5. The van der Waals surface area contributed by atoms with Crippen molar-refractivity contribution in [3.63, 3.8) is 0 Å². The van der Waals surface area contributed by atoms with E-state index >= 15 is 0 Å². The Balaban J connectivity index is 1.95. The average molecular weight is 321 g/mol. The van der Waals surface area contributed by atoms with Crippen LogP contribution >= 0.6 is 0 Å². The van der Waals surface area contributed by atoms with Crippen LogP contribution < -0.4 is 10.1 Å². The molecule has 0 aliphatic rings. The van der Waals surface area contributed by atoms with E-state index in [4.69, 9.17) is 13.8 Å². The summed E-state index contributed by atoms with van der Waals surface area (Å²) in [7, 11) is 0. The standard InChI is InChI=1S/C16H23N3O4/c1-4-6-7-13-12(11(3)22-18-13)10-21-15-9-14(23-19-15)16(20)17-8-5-2/h9H,4-8,10H2,1-3H3,(H,17,20). The first-order valence-corrected chi connectivity index (χ1v) is 7.97. The van der Waals surface area contributed by atoms with Gasteiger partial charge in [-0.1, -0.05) is 25.4 Å². The summed E-state index contributed by atoms with van der Waals surface area (Å²) in [6.45, 7) is 6.84. The Labute approximate surface area is 135 Å². The van der Waals surface area contributed by atoms with Gasteiger partial charge >= 0.3 is 0 Å². The zero-order chi connectivity index (χ0) is 16.7. The summed E-state index contributed by atoms with van der Waals surface area (Å²) in [6.07, 6.45) is 3.85. The van der Waals surface area contributed by atoms with Crippen LogP contribution in [0.1, 0.15) is 60.7 Å². The largest absolute Gasteiger partial charge is 0.470 e. The molecule has 126 valence electrons. The Morgan fingerprint density at radius 1 is 1.26 bits per heavy atom. The molecule has 7 nitrogen and oxygen atoms in total. The number of hydrogen-bond donors (Lipinski definition) is 1. The number of unbranched alkanes of at least 4 members (excludes halogenated alkanes) is 1. The molecule has 2 rings (SSSR count). The van der Waals surface area contributed by atoms with Gasteiger partial charge in [0.25, 0.3) is 11.8 Å². The van der Waals surface area contributed by atoms with E-state index in [2.05, 4.69) is 22.6 Å². The first kappa shape index (κ1) is 17.1. The lowest BCUT2D eigenvalue weighted by Crippen LogP contribution is -2.23. The van der Waals surface area contributed by atoms with Crippen molar-refractivity contribution in [3.8, 4) is 5.88 Å². The SMILES string of the molecule is CCCCc1noc(C)c1COc1cc(C(=O)NCCC)on1. The van der Waals surface area contributed by atoms with Crippen LogP contribution in [0.5, 0.6) is 5.88 Å². The molecule has 2 heterocycles. The number of amides is 1. The van der Waals surface area contributed by atoms with Crippen molar-refractivity contribution in [1.29, 1.82) is 0 Å². The number of nitrogens with zero attached hydrogens (tertiary/aromatic N) is 2.